The lowest BCUT2D eigenvalue weighted by atomic mass is 10.0. The number of hydrogen-bond acceptors (Lipinski definition) is 8. The van der Waals surface area contributed by atoms with Crippen LogP contribution in [0.15, 0.2) is 42.6 Å². The highest BCUT2D eigenvalue weighted by atomic mass is 35.5. The fourth-order valence-corrected chi connectivity index (χ4v) is 3.42. The van der Waals surface area contributed by atoms with Crippen LogP contribution in [-0.4, -0.2) is 56.1 Å². The van der Waals surface area contributed by atoms with E-state index < -0.39 is 91.2 Å². The fourth-order valence-electron chi connectivity index (χ4n) is 2.38. The molecule has 1 saturated heterocycles. The number of aliphatic carboxylic acids is 2. The SMILES string of the molecule is O=C(O)/C=C\C(=O)O.[2H]c1c([2H])c(C([2H])([2H])N2CC([2H])([2H])C([2H])(N([2H])c3ncnc4c([2H])c(Cl)sc34)C([2H])([2H])C2)c([2H])c(C#N)c1F. The molecule has 4 rings (SSSR count). The second kappa shape index (κ2) is 12.2. The maximum atomic E-state index is 14.3. The molecule has 2 aromatic heterocycles. The van der Waals surface area contributed by atoms with Crippen LogP contribution in [0.2, 0.25) is 5.75 Å². The van der Waals surface area contributed by atoms with Crippen LogP contribution in [0.25, 0.3) is 10.2 Å². The van der Waals surface area contributed by atoms with Crippen LogP contribution in [0, 0.1) is 17.1 Å². The molecule has 1 aliphatic heterocycles. The maximum absolute atomic E-state index is 14.3. The van der Waals surface area contributed by atoms with E-state index in [9.17, 15) is 19.2 Å². The molecule has 0 unspecified atom stereocenters. The number of fused-ring (bicyclic) bond motifs is 1. The van der Waals surface area contributed by atoms with Crippen molar-refractivity contribution in [2.24, 2.45) is 0 Å². The highest BCUT2D eigenvalue weighted by Crippen LogP contribution is 2.33. The summed E-state index contributed by atoms with van der Waals surface area (Å²) in [5, 5.41) is 25.1. The quantitative estimate of drug-likeness (QED) is 0.402. The summed E-state index contributed by atoms with van der Waals surface area (Å²) >= 11 is 6.79. The van der Waals surface area contributed by atoms with Crippen molar-refractivity contribution in [3.63, 3.8) is 0 Å². The average molecular weight is 530 g/mol. The van der Waals surface area contributed by atoms with Gasteiger partial charge in [-0.1, -0.05) is 17.6 Å². The maximum Gasteiger partial charge on any atom is 0.328 e. The third kappa shape index (κ3) is 7.71. The summed E-state index contributed by atoms with van der Waals surface area (Å²) in [6, 6.07) is -5.18. The molecule has 0 bridgehead atoms. The van der Waals surface area contributed by atoms with Gasteiger partial charge < -0.3 is 15.5 Å². The summed E-state index contributed by atoms with van der Waals surface area (Å²) in [7, 11) is 0. The Balaban J connectivity index is 0.000000665. The Labute approximate surface area is 226 Å². The lowest BCUT2D eigenvalue weighted by Gasteiger charge is -2.32. The van der Waals surface area contributed by atoms with Gasteiger partial charge in [0.2, 0.25) is 0 Å². The van der Waals surface area contributed by atoms with Crippen LogP contribution in [-0.2, 0) is 16.1 Å². The van der Waals surface area contributed by atoms with Gasteiger partial charge >= 0.3 is 11.9 Å². The van der Waals surface area contributed by atoms with Crippen LogP contribution in [0.3, 0.4) is 0 Å². The Morgan fingerprint density at radius 2 is 2.09 bits per heavy atom. The van der Waals surface area contributed by atoms with Crippen molar-refractivity contribution in [3.8, 4) is 6.07 Å². The number of aromatic nitrogens is 2. The van der Waals surface area contributed by atoms with E-state index in [0.717, 1.165) is 17.7 Å². The Bertz CT molecular complexity index is 1810. The Morgan fingerprint density at radius 3 is 2.71 bits per heavy atom. The molecular formula is C23H21ClFN5O4S. The summed E-state index contributed by atoms with van der Waals surface area (Å²) < 4.78 is 115. The normalized spacial score (nSPS) is 23.5. The molecule has 9 nitrogen and oxygen atoms in total. The first-order valence-electron chi connectivity index (χ1n) is 15.2. The van der Waals surface area contributed by atoms with Gasteiger partial charge in [-0.25, -0.2) is 23.9 Å². The number of piperidine rings is 1. The second-order valence-electron chi connectivity index (χ2n) is 6.22. The molecule has 12 heteroatoms. The van der Waals surface area contributed by atoms with Crippen LogP contribution < -0.4 is 5.31 Å². The number of halogens is 2. The molecule has 1 fully saturated rings. The number of likely N-dealkylation sites (tertiary alicyclic amines) is 1. The van der Waals surface area contributed by atoms with E-state index in [1.807, 2.05) is 0 Å². The van der Waals surface area contributed by atoms with Gasteiger partial charge in [-0.15, -0.1) is 11.3 Å². The summed E-state index contributed by atoms with van der Waals surface area (Å²) in [6.07, 6.45) is -4.02. The minimum Gasteiger partial charge on any atom is -0.478 e. The zero-order chi connectivity index (χ0) is 36.0. The van der Waals surface area contributed by atoms with Gasteiger partial charge in [0.1, 0.15) is 24.0 Å². The van der Waals surface area contributed by atoms with Crippen molar-refractivity contribution < 1.29 is 40.7 Å². The first-order valence-corrected chi connectivity index (χ1v) is 10.4. The molecule has 3 N–H and O–H groups in total. The topological polar surface area (TPSA) is 139 Å². The van der Waals surface area contributed by atoms with Crippen molar-refractivity contribution in [3.05, 3.63) is 63.9 Å². The Hall–Kier alpha value is -3.59. The highest BCUT2D eigenvalue weighted by Gasteiger charge is 2.21. The van der Waals surface area contributed by atoms with Gasteiger partial charge in [0, 0.05) is 46.0 Å². The van der Waals surface area contributed by atoms with Crippen molar-refractivity contribution in [2.45, 2.75) is 25.3 Å². The lowest BCUT2D eigenvalue weighted by molar-refractivity contribution is -0.134. The van der Waals surface area contributed by atoms with Gasteiger partial charge in [0.15, 0.2) is 1.41 Å². The van der Waals surface area contributed by atoms with E-state index in [1.165, 1.54) is 6.07 Å². The molecule has 1 aromatic carbocycles. The standard InChI is InChI=1S/C19H17ClFN5S.C4H4O4/c20-17-8-16-18(27-17)19(24-11-23-16)25-14-3-5-26(6-4-14)10-12-1-2-15(21)13(7-12)9-22;5-3(6)1-2-4(7)8/h1-2,7-8,11,14H,3-6,10H2,(H,23,24,25);1-2H,(H,5,6)(H,7,8)/b;2-1-/i1D,2D,3D2,4D2,7D,8D,10D2,14D;/hD. The number of anilines is 1. The fraction of sp³-hybridized carbons (Fsp3) is 0.261. The number of nitrogens with zero attached hydrogens (tertiary/aromatic N) is 4. The average Bonchev–Trinajstić information content (AvgIpc) is 3.26. The largest absolute Gasteiger partial charge is 0.478 e. The molecule has 0 radical (unpaired) electrons. The van der Waals surface area contributed by atoms with E-state index in [2.05, 4.69) is 9.97 Å². The summed E-state index contributed by atoms with van der Waals surface area (Å²) in [5.41, 5.74) is -1.93. The van der Waals surface area contributed by atoms with Crippen LogP contribution in [0.5, 0.6) is 0 Å². The van der Waals surface area contributed by atoms with Gasteiger partial charge in [-0.3, -0.25) is 4.90 Å². The molecule has 35 heavy (non-hydrogen) atoms. The van der Waals surface area contributed by atoms with E-state index in [-0.39, 0.29) is 25.9 Å². The van der Waals surface area contributed by atoms with Crippen molar-refractivity contribution in [2.75, 3.05) is 18.4 Å². The van der Waals surface area contributed by atoms with Gasteiger partial charge in [-0.05, 0) is 36.4 Å². The number of benzene rings is 1. The zero-order valence-electron chi connectivity index (χ0n) is 29.3. The second-order valence-corrected chi connectivity index (χ2v) is 7.84. The third-order valence-corrected chi connectivity index (χ3v) is 4.99. The van der Waals surface area contributed by atoms with Crippen LogP contribution in [0.1, 0.15) is 39.0 Å². The van der Waals surface area contributed by atoms with E-state index >= 15 is 0 Å². The monoisotopic (exact) mass is 529 g/mol. The van der Waals surface area contributed by atoms with Gasteiger partial charge in [-0.2, -0.15) is 5.26 Å². The van der Waals surface area contributed by atoms with Crippen molar-refractivity contribution in [1.82, 2.24) is 14.9 Å². The third-order valence-electron chi connectivity index (χ3n) is 3.80. The lowest BCUT2D eigenvalue weighted by Crippen LogP contribution is -2.38. The van der Waals surface area contributed by atoms with Gasteiger partial charge in [0.25, 0.3) is 0 Å². The number of thiophene rings is 1. The molecule has 0 atom stereocenters. The van der Waals surface area contributed by atoms with Crippen LogP contribution >= 0.6 is 22.9 Å². The molecule has 3 heterocycles. The van der Waals surface area contributed by atoms with E-state index in [0.29, 0.717) is 17.1 Å². The molecular weight excluding hydrogens is 497 g/mol. The molecule has 3 aromatic rings. The molecule has 0 amide bonds. The predicted octanol–water partition coefficient (Wildman–Crippen LogP) is 4.14. The number of carboxylic acid groups (broad SMARTS) is 2. The summed E-state index contributed by atoms with van der Waals surface area (Å²) in [4.78, 5) is 27.5. The summed E-state index contributed by atoms with van der Waals surface area (Å²) in [6.45, 7) is -5.16. The first-order chi connectivity index (χ1) is 21.5. The highest BCUT2D eigenvalue weighted by molar-refractivity contribution is 7.23. The number of carboxylic acids is 2. The molecule has 0 spiro atoms. The Morgan fingerprint density at radius 1 is 1.40 bits per heavy atom. The molecule has 1 aliphatic rings. The van der Waals surface area contributed by atoms with Crippen LogP contribution in [0.4, 0.5) is 10.2 Å². The number of nitrogens with one attached hydrogen (secondary N) is 1. The number of rotatable bonds is 6. The minimum absolute atomic E-state index is 0.00694. The molecule has 0 aliphatic carbocycles. The summed E-state index contributed by atoms with van der Waals surface area (Å²) in [5.74, 6) is -4.41. The van der Waals surface area contributed by atoms with Crippen molar-refractivity contribution >= 4 is 50.9 Å². The predicted molar refractivity (Wildman–Crippen MR) is 130 cm³/mol. The number of carbonyl (C=O) groups is 2. The first kappa shape index (κ1) is 14.1. The van der Waals surface area contributed by atoms with Crippen molar-refractivity contribution in [1.29, 1.82) is 5.26 Å². The number of hydrogen-bond donors (Lipinski definition) is 3. The smallest absolute Gasteiger partial charge is 0.328 e. The van der Waals surface area contributed by atoms with E-state index in [1.54, 1.807) is 0 Å². The zero-order valence-corrected chi connectivity index (χ0v) is 18.8. The number of nitriles is 1. The molecule has 182 valence electrons. The van der Waals surface area contributed by atoms with E-state index in [4.69, 9.17) is 38.3 Å². The van der Waals surface area contributed by atoms with Gasteiger partial charge in [0.05, 0.1) is 27.0 Å². The Kier molecular flexibility index (Phi) is 4.91. The minimum atomic E-state index is -3.07. The molecule has 0 saturated carbocycles.